The van der Waals surface area contributed by atoms with Crippen LogP contribution in [0.5, 0.6) is 0 Å². The molecule has 7 rings (SSSR count). The number of furan rings is 1. The summed E-state index contributed by atoms with van der Waals surface area (Å²) in [5.41, 5.74) is 9.44. The van der Waals surface area contributed by atoms with Crippen LogP contribution in [-0.2, 0) is 17.9 Å². The SMILES string of the molecule is [2H]C1(c2ccc(-c3c(F)ccc4c3oc3c(-c5cccc[n+]5C)c(C)ccc34)c3c2C(C)(C)CCC3(C)C)CCCC1. The molecular weight excluding hydrogens is 505 g/mol. The summed E-state index contributed by atoms with van der Waals surface area (Å²) in [5.74, 6) is -0.838. The summed E-state index contributed by atoms with van der Waals surface area (Å²) in [7, 11) is 2.04. The van der Waals surface area contributed by atoms with Crippen LogP contribution < -0.4 is 4.57 Å². The number of benzene rings is 3. The lowest BCUT2D eigenvalue weighted by atomic mass is 9.59. The molecule has 2 heterocycles. The van der Waals surface area contributed by atoms with Gasteiger partial charge in [-0.05, 0) is 95.3 Å². The van der Waals surface area contributed by atoms with Crippen molar-refractivity contribution in [1.29, 1.82) is 0 Å². The molecule has 0 atom stereocenters. The normalized spacial score (nSPS) is 19.4. The van der Waals surface area contributed by atoms with Crippen molar-refractivity contribution in [1.82, 2.24) is 0 Å². The molecule has 0 bridgehead atoms. The van der Waals surface area contributed by atoms with Crippen LogP contribution in [0.2, 0.25) is 0 Å². The number of aromatic nitrogens is 1. The number of aryl methyl sites for hydroxylation is 2. The van der Waals surface area contributed by atoms with Crippen molar-refractivity contribution in [2.75, 3.05) is 0 Å². The van der Waals surface area contributed by atoms with E-state index in [1.165, 1.54) is 11.1 Å². The van der Waals surface area contributed by atoms with Crippen molar-refractivity contribution in [3.63, 3.8) is 0 Å². The van der Waals surface area contributed by atoms with E-state index in [0.717, 1.165) is 82.8 Å². The number of nitrogens with zero attached hydrogens (tertiary/aromatic N) is 1. The first kappa shape index (κ1) is 25.3. The molecule has 0 saturated heterocycles. The second kappa shape index (κ2) is 9.28. The summed E-state index contributed by atoms with van der Waals surface area (Å²) < 4.78 is 34.7. The largest absolute Gasteiger partial charge is 0.454 e. The molecule has 0 spiro atoms. The standard InChI is InChI=1S/C38H41FNO/c1-23-14-15-26-27-18-19-29(39)32(36(27)41-35(26)31(23)30-13-9-10-22-40(30)6)28-17-16-25(24-11-7-8-12-24)33-34(28)38(4,5)21-20-37(33,2)3/h9-10,13-19,22,24H,7-8,11-12,20-21H2,1-6H3/q+1/i24D. The van der Waals surface area contributed by atoms with Crippen molar-refractivity contribution in [3.8, 4) is 22.4 Å². The van der Waals surface area contributed by atoms with Crippen LogP contribution >= 0.6 is 0 Å². The summed E-state index contributed by atoms with van der Waals surface area (Å²) >= 11 is 0. The average Bonchev–Trinajstić information content (AvgIpc) is 3.55. The van der Waals surface area contributed by atoms with Crippen molar-refractivity contribution in [2.24, 2.45) is 7.05 Å². The Labute approximate surface area is 244 Å². The van der Waals surface area contributed by atoms with E-state index in [1.54, 1.807) is 6.07 Å². The zero-order valence-electron chi connectivity index (χ0n) is 26.2. The topological polar surface area (TPSA) is 17.0 Å². The van der Waals surface area contributed by atoms with Crippen molar-refractivity contribution >= 4 is 21.9 Å². The predicted molar refractivity (Wildman–Crippen MR) is 167 cm³/mol. The zero-order valence-corrected chi connectivity index (χ0v) is 25.2. The van der Waals surface area contributed by atoms with Crippen molar-refractivity contribution < 1.29 is 14.7 Å². The highest BCUT2D eigenvalue weighted by atomic mass is 19.1. The molecule has 210 valence electrons. The molecule has 1 saturated carbocycles. The molecule has 2 nitrogen and oxygen atoms in total. The Bertz CT molecular complexity index is 1890. The van der Waals surface area contributed by atoms with E-state index < -0.39 is 5.89 Å². The molecule has 5 aromatic rings. The van der Waals surface area contributed by atoms with Gasteiger partial charge in [0.25, 0.3) is 0 Å². The highest BCUT2D eigenvalue weighted by Gasteiger charge is 2.42. The second-order valence-corrected chi connectivity index (χ2v) is 13.7. The van der Waals surface area contributed by atoms with Gasteiger partial charge in [-0.25, -0.2) is 8.96 Å². The number of halogens is 1. The fraction of sp³-hybridized carbons (Fsp3) is 0.395. The van der Waals surface area contributed by atoms with Gasteiger partial charge in [-0.3, -0.25) is 0 Å². The van der Waals surface area contributed by atoms with Gasteiger partial charge in [-0.15, -0.1) is 0 Å². The van der Waals surface area contributed by atoms with E-state index in [2.05, 4.69) is 69.5 Å². The average molecular weight is 548 g/mol. The van der Waals surface area contributed by atoms with Gasteiger partial charge < -0.3 is 4.42 Å². The molecule has 1 fully saturated rings. The van der Waals surface area contributed by atoms with Crippen LogP contribution in [0, 0.1) is 12.7 Å². The molecule has 2 aliphatic rings. The van der Waals surface area contributed by atoms with Crippen molar-refractivity contribution in [3.05, 3.63) is 88.9 Å². The van der Waals surface area contributed by atoms with E-state index in [1.807, 2.05) is 31.4 Å². The van der Waals surface area contributed by atoms with Crippen LogP contribution in [-0.4, -0.2) is 0 Å². The third-order valence-corrected chi connectivity index (χ3v) is 10.1. The van der Waals surface area contributed by atoms with Gasteiger partial charge in [0.05, 0.1) is 11.1 Å². The van der Waals surface area contributed by atoms with Crippen LogP contribution in [0.25, 0.3) is 44.3 Å². The molecule has 0 aliphatic heterocycles. The maximum Gasteiger partial charge on any atom is 0.216 e. The summed E-state index contributed by atoms with van der Waals surface area (Å²) in [5, 5.41) is 1.93. The molecule has 3 aromatic carbocycles. The van der Waals surface area contributed by atoms with Gasteiger partial charge in [-0.2, -0.15) is 0 Å². The summed E-state index contributed by atoms with van der Waals surface area (Å²) in [6.07, 6.45) is 8.08. The number of fused-ring (bicyclic) bond motifs is 4. The van der Waals surface area contributed by atoms with E-state index >= 15 is 4.39 Å². The number of rotatable bonds is 3. The molecule has 0 N–H and O–H groups in total. The van der Waals surface area contributed by atoms with E-state index in [4.69, 9.17) is 4.42 Å². The van der Waals surface area contributed by atoms with Gasteiger partial charge in [-0.1, -0.05) is 64.8 Å². The minimum Gasteiger partial charge on any atom is -0.454 e. The van der Waals surface area contributed by atoms with E-state index in [9.17, 15) is 1.37 Å². The van der Waals surface area contributed by atoms with Gasteiger partial charge in [0.1, 0.15) is 24.0 Å². The van der Waals surface area contributed by atoms with Crippen LogP contribution in [0.3, 0.4) is 0 Å². The Morgan fingerprint density at radius 1 is 0.829 bits per heavy atom. The predicted octanol–water partition coefficient (Wildman–Crippen LogP) is 10.2. The van der Waals surface area contributed by atoms with E-state index in [-0.39, 0.29) is 16.6 Å². The zero-order chi connectivity index (χ0) is 29.6. The van der Waals surface area contributed by atoms with Gasteiger partial charge in [0, 0.05) is 24.3 Å². The van der Waals surface area contributed by atoms with Crippen LogP contribution in [0.4, 0.5) is 4.39 Å². The summed E-state index contributed by atoms with van der Waals surface area (Å²) in [6, 6.07) is 18.2. The fourth-order valence-electron chi connectivity index (χ4n) is 7.79. The highest BCUT2D eigenvalue weighted by Crippen LogP contribution is 2.54. The molecule has 0 amide bonds. The van der Waals surface area contributed by atoms with Crippen LogP contribution in [0.15, 0.2) is 65.2 Å². The quantitative estimate of drug-likeness (QED) is 0.205. The molecule has 0 unspecified atom stereocenters. The molecule has 41 heavy (non-hydrogen) atoms. The highest BCUT2D eigenvalue weighted by molar-refractivity contribution is 6.13. The van der Waals surface area contributed by atoms with Crippen molar-refractivity contribution in [2.45, 2.75) is 89.9 Å². The van der Waals surface area contributed by atoms with Gasteiger partial charge in [0.2, 0.25) is 5.69 Å². The monoisotopic (exact) mass is 547 g/mol. The lowest BCUT2D eigenvalue weighted by Crippen LogP contribution is -2.36. The lowest BCUT2D eigenvalue weighted by molar-refractivity contribution is -0.660. The van der Waals surface area contributed by atoms with Gasteiger partial charge in [0.15, 0.2) is 6.20 Å². The minimum absolute atomic E-state index is 0.0998. The number of pyridine rings is 1. The molecule has 3 heteroatoms. The van der Waals surface area contributed by atoms with E-state index in [0.29, 0.717) is 11.1 Å². The smallest absolute Gasteiger partial charge is 0.216 e. The Morgan fingerprint density at radius 3 is 2.20 bits per heavy atom. The van der Waals surface area contributed by atoms with Crippen LogP contribution in [0.1, 0.15) is 95.7 Å². The second-order valence-electron chi connectivity index (χ2n) is 13.7. The molecule has 0 radical (unpaired) electrons. The number of hydrogen-bond donors (Lipinski definition) is 0. The first-order valence-electron chi connectivity index (χ1n) is 15.7. The molecular formula is C38H41FNO+. The first-order chi connectivity index (χ1) is 19.9. The number of hydrogen-bond acceptors (Lipinski definition) is 1. The Morgan fingerprint density at radius 2 is 1.49 bits per heavy atom. The maximum absolute atomic E-state index is 16.3. The lowest BCUT2D eigenvalue weighted by Gasteiger charge is -2.45. The fourth-order valence-corrected chi connectivity index (χ4v) is 7.79. The maximum atomic E-state index is 16.3. The Balaban J connectivity index is 1.58. The third kappa shape index (κ3) is 3.99. The molecule has 2 aromatic heterocycles. The van der Waals surface area contributed by atoms with Gasteiger partial charge >= 0.3 is 0 Å². The summed E-state index contributed by atoms with van der Waals surface area (Å²) in [6.45, 7) is 11.3. The summed E-state index contributed by atoms with van der Waals surface area (Å²) in [4.78, 5) is 0. The minimum atomic E-state index is -0.575. The third-order valence-electron chi connectivity index (χ3n) is 10.1. The molecule has 2 aliphatic carbocycles. The Kier molecular flexibility index (Phi) is 5.72. The Hall–Kier alpha value is -3.46. The first-order valence-corrected chi connectivity index (χ1v) is 15.2.